The van der Waals surface area contributed by atoms with Crippen LogP contribution in [0.15, 0.2) is 23.3 Å². The summed E-state index contributed by atoms with van der Waals surface area (Å²) in [7, 11) is 1.56. The van der Waals surface area contributed by atoms with Gasteiger partial charge in [-0.25, -0.2) is 0 Å². The Kier molecular flexibility index (Phi) is 5.38. The van der Waals surface area contributed by atoms with Crippen LogP contribution in [0.5, 0.6) is 11.5 Å². The van der Waals surface area contributed by atoms with E-state index in [-0.39, 0.29) is 11.8 Å². The zero-order valence-electron chi connectivity index (χ0n) is 10.6. The van der Waals surface area contributed by atoms with Gasteiger partial charge in [-0.2, -0.15) is 5.10 Å². The predicted molar refractivity (Wildman–Crippen MR) is 76.3 cm³/mol. The fraction of sp³-hybridized carbons (Fsp3) is 0.333. The van der Waals surface area contributed by atoms with Crippen molar-refractivity contribution in [1.29, 1.82) is 0 Å². The summed E-state index contributed by atoms with van der Waals surface area (Å²) in [5.74, 6) is 0.779. The lowest BCUT2D eigenvalue weighted by atomic mass is 10.2. The second kappa shape index (κ2) is 6.80. The molecule has 0 radical (unpaired) electrons. The van der Waals surface area contributed by atoms with Crippen LogP contribution in [0.3, 0.4) is 0 Å². The zero-order valence-corrected chi connectivity index (χ0v) is 11.4. The number of thiocarbonyl (C=S) groups is 1. The second-order valence-corrected chi connectivity index (χ2v) is 4.33. The quantitative estimate of drug-likeness (QED) is 0.439. The number of phenolic OH excluding ortho intramolecular Hbond substituents is 1. The van der Waals surface area contributed by atoms with Crippen molar-refractivity contribution in [3.63, 3.8) is 0 Å². The highest BCUT2D eigenvalue weighted by Gasteiger charge is 2.00. The monoisotopic (exact) mass is 267 g/mol. The summed E-state index contributed by atoms with van der Waals surface area (Å²) in [4.78, 5) is 0. The van der Waals surface area contributed by atoms with Gasteiger partial charge in [-0.3, -0.25) is 5.43 Å². The Hall–Kier alpha value is -1.82. The van der Waals surface area contributed by atoms with E-state index in [0.29, 0.717) is 16.4 Å². The molecule has 0 saturated carbocycles. The van der Waals surface area contributed by atoms with Gasteiger partial charge >= 0.3 is 0 Å². The Balaban J connectivity index is 2.64. The highest BCUT2D eigenvalue weighted by atomic mass is 32.1. The first kappa shape index (κ1) is 14.2. The molecule has 0 saturated heterocycles. The minimum Gasteiger partial charge on any atom is -0.507 e. The van der Waals surface area contributed by atoms with Crippen molar-refractivity contribution in [3.05, 3.63) is 23.8 Å². The van der Waals surface area contributed by atoms with Gasteiger partial charge in [-0.05, 0) is 44.3 Å². The maximum absolute atomic E-state index is 9.62. The molecule has 6 heteroatoms. The number of hydrogen-bond acceptors (Lipinski definition) is 4. The number of nitrogens with one attached hydrogen (secondary N) is 2. The van der Waals surface area contributed by atoms with Crippen LogP contribution in [0, 0.1) is 0 Å². The molecule has 3 N–H and O–H groups in total. The Labute approximate surface area is 112 Å². The topological polar surface area (TPSA) is 65.9 Å². The summed E-state index contributed by atoms with van der Waals surface area (Å²) >= 11 is 5.00. The summed E-state index contributed by atoms with van der Waals surface area (Å²) in [6, 6.07) is 5.14. The number of rotatable bonds is 4. The predicted octanol–water partition coefficient (Wildman–Crippen LogP) is 1.61. The first-order chi connectivity index (χ1) is 8.52. The molecule has 1 rings (SSSR count). The van der Waals surface area contributed by atoms with Crippen molar-refractivity contribution in [1.82, 2.24) is 10.7 Å². The minimum atomic E-state index is 0.129. The summed E-state index contributed by atoms with van der Waals surface area (Å²) < 4.78 is 5.06. The van der Waals surface area contributed by atoms with E-state index in [0.717, 1.165) is 0 Å². The molecule has 0 aromatic heterocycles. The molecule has 0 heterocycles. The maximum atomic E-state index is 9.62. The third kappa shape index (κ3) is 4.58. The highest BCUT2D eigenvalue weighted by molar-refractivity contribution is 7.80. The molecule has 18 heavy (non-hydrogen) atoms. The number of hydrazone groups is 1. The molecule has 0 aliphatic carbocycles. The van der Waals surface area contributed by atoms with Gasteiger partial charge in [-0.1, -0.05) is 0 Å². The minimum absolute atomic E-state index is 0.129. The maximum Gasteiger partial charge on any atom is 0.187 e. The molecular weight excluding hydrogens is 250 g/mol. The standard InChI is InChI=1S/C12H17N3O2S/c1-8(2)14-12(18)15-13-7-9-6-10(17-3)4-5-11(9)16/h4-8,16H,1-3H3,(H2,14,15,18)/b13-7+. The van der Waals surface area contributed by atoms with Crippen LogP contribution in [-0.4, -0.2) is 29.6 Å². The molecule has 0 aliphatic heterocycles. The molecule has 5 nitrogen and oxygen atoms in total. The van der Waals surface area contributed by atoms with Crippen LogP contribution < -0.4 is 15.5 Å². The summed E-state index contributed by atoms with van der Waals surface area (Å²) in [6.07, 6.45) is 1.48. The number of aromatic hydroxyl groups is 1. The Morgan fingerprint density at radius 1 is 1.50 bits per heavy atom. The SMILES string of the molecule is COc1ccc(O)c(/C=N/NC(=S)NC(C)C)c1. The molecule has 1 aromatic carbocycles. The molecule has 0 bridgehead atoms. The van der Waals surface area contributed by atoms with E-state index < -0.39 is 0 Å². The van der Waals surface area contributed by atoms with Crippen molar-refractivity contribution in [2.75, 3.05) is 7.11 Å². The lowest BCUT2D eigenvalue weighted by molar-refractivity contribution is 0.412. The van der Waals surface area contributed by atoms with Crippen molar-refractivity contribution < 1.29 is 9.84 Å². The molecule has 0 spiro atoms. The lowest BCUT2D eigenvalue weighted by Crippen LogP contribution is -2.36. The first-order valence-corrected chi connectivity index (χ1v) is 5.90. The molecule has 0 unspecified atom stereocenters. The Morgan fingerprint density at radius 3 is 2.83 bits per heavy atom. The van der Waals surface area contributed by atoms with Gasteiger partial charge < -0.3 is 15.2 Å². The van der Waals surface area contributed by atoms with E-state index in [1.54, 1.807) is 25.3 Å². The molecule has 1 aromatic rings. The van der Waals surface area contributed by atoms with E-state index in [1.165, 1.54) is 6.21 Å². The van der Waals surface area contributed by atoms with Gasteiger partial charge in [0.2, 0.25) is 0 Å². The Bertz CT molecular complexity index is 447. The number of hydrogen-bond donors (Lipinski definition) is 3. The van der Waals surface area contributed by atoms with Crippen LogP contribution in [-0.2, 0) is 0 Å². The largest absolute Gasteiger partial charge is 0.507 e. The van der Waals surface area contributed by atoms with E-state index in [1.807, 2.05) is 13.8 Å². The fourth-order valence-electron chi connectivity index (χ4n) is 1.22. The first-order valence-electron chi connectivity index (χ1n) is 5.49. The summed E-state index contributed by atoms with van der Waals surface area (Å²) in [5, 5.41) is 17.0. The van der Waals surface area contributed by atoms with E-state index in [2.05, 4.69) is 15.8 Å². The van der Waals surface area contributed by atoms with Gasteiger partial charge in [0.05, 0.1) is 13.3 Å². The van der Waals surface area contributed by atoms with E-state index in [9.17, 15) is 5.11 Å². The third-order valence-corrected chi connectivity index (χ3v) is 2.23. The van der Waals surface area contributed by atoms with Crippen LogP contribution in [0.4, 0.5) is 0 Å². The number of benzene rings is 1. The number of phenols is 1. The third-order valence-electron chi connectivity index (χ3n) is 2.02. The summed E-state index contributed by atoms with van der Waals surface area (Å²) in [5.41, 5.74) is 3.22. The van der Waals surface area contributed by atoms with Crippen LogP contribution in [0.2, 0.25) is 0 Å². The second-order valence-electron chi connectivity index (χ2n) is 3.92. The van der Waals surface area contributed by atoms with Gasteiger partial charge in [0.15, 0.2) is 5.11 Å². The van der Waals surface area contributed by atoms with E-state index in [4.69, 9.17) is 17.0 Å². The van der Waals surface area contributed by atoms with Crippen LogP contribution in [0.25, 0.3) is 0 Å². The van der Waals surface area contributed by atoms with Gasteiger partial charge in [0.1, 0.15) is 11.5 Å². The van der Waals surface area contributed by atoms with Crippen LogP contribution >= 0.6 is 12.2 Å². The van der Waals surface area contributed by atoms with Crippen LogP contribution in [0.1, 0.15) is 19.4 Å². The molecule has 0 fully saturated rings. The average molecular weight is 267 g/mol. The van der Waals surface area contributed by atoms with Crippen molar-refractivity contribution in [2.24, 2.45) is 5.10 Å². The summed E-state index contributed by atoms with van der Waals surface area (Å²) in [6.45, 7) is 3.96. The van der Waals surface area contributed by atoms with E-state index >= 15 is 0 Å². The van der Waals surface area contributed by atoms with Gasteiger partial charge in [0.25, 0.3) is 0 Å². The molecule has 0 atom stereocenters. The van der Waals surface area contributed by atoms with Crippen molar-refractivity contribution >= 4 is 23.5 Å². The highest BCUT2D eigenvalue weighted by Crippen LogP contribution is 2.20. The smallest absolute Gasteiger partial charge is 0.187 e. The fourth-order valence-corrected chi connectivity index (χ4v) is 1.51. The molecular formula is C12H17N3O2S. The Morgan fingerprint density at radius 2 is 2.22 bits per heavy atom. The molecule has 98 valence electrons. The number of methoxy groups -OCH3 is 1. The normalized spacial score (nSPS) is 10.7. The van der Waals surface area contributed by atoms with Crippen molar-refractivity contribution in [2.45, 2.75) is 19.9 Å². The number of ether oxygens (including phenoxy) is 1. The van der Waals surface area contributed by atoms with Crippen molar-refractivity contribution in [3.8, 4) is 11.5 Å². The zero-order chi connectivity index (χ0) is 13.5. The molecule has 0 amide bonds. The number of nitrogens with zero attached hydrogens (tertiary/aromatic N) is 1. The average Bonchev–Trinajstić information content (AvgIpc) is 2.30. The lowest BCUT2D eigenvalue weighted by Gasteiger charge is -2.09. The molecule has 0 aliphatic rings. The van der Waals surface area contributed by atoms with Gasteiger partial charge in [0, 0.05) is 11.6 Å². The van der Waals surface area contributed by atoms with Gasteiger partial charge in [-0.15, -0.1) is 0 Å².